The zero-order valence-corrected chi connectivity index (χ0v) is 15.6. The average molecular weight is 373 g/mol. The first kappa shape index (κ1) is 17.3. The number of nitrogens with zero attached hydrogens (tertiary/aromatic N) is 4. The highest BCUT2D eigenvalue weighted by Gasteiger charge is 2.43. The molecule has 4 rings (SSSR count). The molecule has 26 heavy (non-hydrogen) atoms. The van der Waals surface area contributed by atoms with Gasteiger partial charge in [-0.15, -0.1) is 0 Å². The standard InChI is InChI=1S/C19H25ClN6/c20-15-10-24-19(25-11-15)26-7-4-13(5-8-26)17-9-14(17)3-6-22-16-1-2-18(21)23-12-16/h1-2,10-14,17,22H,3-9H2,(H2,21,23)/t14-,17?/m1/s1. The Morgan fingerprint density at radius 1 is 1.12 bits per heavy atom. The molecule has 1 aliphatic carbocycles. The lowest BCUT2D eigenvalue weighted by atomic mass is 9.90. The predicted octanol–water partition coefficient (Wildman–Crippen LogP) is 3.46. The van der Waals surface area contributed by atoms with Crippen LogP contribution in [0, 0.1) is 17.8 Å². The number of piperidine rings is 1. The molecule has 1 saturated carbocycles. The molecule has 2 aromatic heterocycles. The van der Waals surface area contributed by atoms with Gasteiger partial charge in [0.2, 0.25) is 5.95 Å². The van der Waals surface area contributed by atoms with Gasteiger partial charge in [0.05, 0.1) is 29.3 Å². The number of anilines is 3. The van der Waals surface area contributed by atoms with Crippen molar-refractivity contribution in [2.45, 2.75) is 25.7 Å². The van der Waals surface area contributed by atoms with Gasteiger partial charge in [0, 0.05) is 19.6 Å². The lowest BCUT2D eigenvalue weighted by Gasteiger charge is -2.32. The number of aromatic nitrogens is 3. The van der Waals surface area contributed by atoms with Crippen LogP contribution in [0.2, 0.25) is 5.02 Å². The molecule has 0 aromatic carbocycles. The van der Waals surface area contributed by atoms with Gasteiger partial charge < -0.3 is 16.0 Å². The first-order chi connectivity index (χ1) is 12.7. The van der Waals surface area contributed by atoms with Gasteiger partial charge in [-0.3, -0.25) is 0 Å². The summed E-state index contributed by atoms with van der Waals surface area (Å²) >= 11 is 5.87. The molecule has 7 heteroatoms. The van der Waals surface area contributed by atoms with E-state index in [1.807, 2.05) is 12.1 Å². The summed E-state index contributed by atoms with van der Waals surface area (Å²) in [5, 5.41) is 4.04. The number of nitrogens with two attached hydrogens (primary N) is 1. The minimum absolute atomic E-state index is 0.563. The number of halogens is 1. The van der Waals surface area contributed by atoms with E-state index < -0.39 is 0 Å². The molecule has 0 bridgehead atoms. The Balaban J connectivity index is 1.18. The molecule has 2 atom stereocenters. The quantitative estimate of drug-likeness (QED) is 0.808. The molecule has 1 unspecified atom stereocenters. The number of nitrogens with one attached hydrogen (secondary N) is 1. The molecule has 2 fully saturated rings. The van der Waals surface area contributed by atoms with E-state index in [1.54, 1.807) is 18.6 Å². The summed E-state index contributed by atoms with van der Waals surface area (Å²) in [4.78, 5) is 15.1. The number of hydrogen-bond acceptors (Lipinski definition) is 6. The third-order valence-corrected chi connectivity index (χ3v) is 5.84. The van der Waals surface area contributed by atoms with E-state index in [-0.39, 0.29) is 0 Å². The molecule has 2 aliphatic rings. The van der Waals surface area contributed by atoms with E-state index in [2.05, 4.69) is 25.2 Å². The molecule has 3 N–H and O–H groups in total. The van der Waals surface area contributed by atoms with Gasteiger partial charge in [0.1, 0.15) is 5.82 Å². The van der Waals surface area contributed by atoms with Gasteiger partial charge in [0.15, 0.2) is 0 Å². The fourth-order valence-corrected chi connectivity index (χ4v) is 4.19. The number of pyridine rings is 1. The zero-order chi connectivity index (χ0) is 17.9. The fourth-order valence-electron chi connectivity index (χ4n) is 4.09. The fraction of sp³-hybridized carbons (Fsp3) is 0.526. The van der Waals surface area contributed by atoms with Crippen molar-refractivity contribution in [1.82, 2.24) is 15.0 Å². The summed E-state index contributed by atoms with van der Waals surface area (Å²) < 4.78 is 0. The second kappa shape index (κ2) is 7.66. The largest absolute Gasteiger partial charge is 0.384 e. The van der Waals surface area contributed by atoms with Crippen molar-refractivity contribution in [3.8, 4) is 0 Å². The molecule has 1 aliphatic heterocycles. The minimum atomic E-state index is 0.563. The van der Waals surface area contributed by atoms with Gasteiger partial charge in [-0.05, 0) is 55.6 Å². The van der Waals surface area contributed by atoms with Crippen LogP contribution in [0.3, 0.4) is 0 Å². The van der Waals surface area contributed by atoms with Crippen molar-refractivity contribution < 1.29 is 0 Å². The number of nitrogen functional groups attached to an aromatic ring is 1. The van der Waals surface area contributed by atoms with E-state index in [0.29, 0.717) is 10.8 Å². The van der Waals surface area contributed by atoms with Crippen molar-refractivity contribution in [2.75, 3.05) is 35.6 Å². The van der Waals surface area contributed by atoms with Gasteiger partial charge >= 0.3 is 0 Å². The van der Waals surface area contributed by atoms with Crippen molar-refractivity contribution >= 4 is 29.1 Å². The molecule has 0 amide bonds. The van der Waals surface area contributed by atoms with E-state index >= 15 is 0 Å². The van der Waals surface area contributed by atoms with Crippen molar-refractivity contribution in [2.24, 2.45) is 17.8 Å². The molecule has 2 aromatic rings. The minimum Gasteiger partial charge on any atom is -0.384 e. The van der Waals surface area contributed by atoms with Crippen molar-refractivity contribution in [3.05, 3.63) is 35.7 Å². The summed E-state index contributed by atoms with van der Waals surface area (Å²) in [6.07, 6.45) is 10.2. The highest BCUT2D eigenvalue weighted by atomic mass is 35.5. The van der Waals surface area contributed by atoms with E-state index in [4.69, 9.17) is 17.3 Å². The maximum atomic E-state index is 5.87. The molecular formula is C19H25ClN6. The Kier molecular flexibility index (Phi) is 5.11. The van der Waals surface area contributed by atoms with E-state index in [9.17, 15) is 0 Å². The molecule has 138 valence electrons. The van der Waals surface area contributed by atoms with Crippen LogP contribution in [0.4, 0.5) is 17.5 Å². The number of rotatable bonds is 6. The molecule has 1 saturated heterocycles. The van der Waals surface area contributed by atoms with Crippen LogP contribution < -0.4 is 16.0 Å². The van der Waals surface area contributed by atoms with Crippen LogP contribution in [0.5, 0.6) is 0 Å². The first-order valence-corrected chi connectivity index (χ1v) is 9.75. The molecule has 6 nitrogen and oxygen atoms in total. The third kappa shape index (κ3) is 4.18. The maximum absolute atomic E-state index is 5.87. The molecule has 0 spiro atoms. The summed E-state index contributed by atoms with van der Waals surface area (Å²) in [7, 11) is 0. The Morgan fingerprint density at radius 3 is 2.58 bits per heavy atom. The SMILES string of the molecule is Nc1ccc(NCC[C@@H]2CC2C2CCN(c3ncc(Cl)cn3)CC2)cn1. The van der Waals surface area contributed by atoms with Crippen LogP contribution in [-0.4, -0.2) is 34.6 Å². The molecule has 3 heterocycles. The monoisotopic (exact) mass is 372 g/mol. The molecule has 0 radical (unpaired) electrons. The highest BCUT2D eigenvalue weighted by molar-refractivity contribution is 6.30. The average Bonchev–Trinajstić information content (AvgIpc) is 3.44. The Labute approximate surface area is 159 Å². The lowest BCUT2D eigenvalue weighted by Crippen LogP contribution is -2.35. The van der Waals surface area contributed by atoms with E-state index in [1.165, 1.54) is 25.7 Å². The Bertz CT molecular complexity index is 712. The van der Waals surface area contributed by atoms with Gasteiger partial charge in [0.25, 0.3) is 0 Å². The van der Waals surface area contributed by atoms with Crippen LogP contribution in [0.25, 0.3) is 0 Å². The van der Waals surface area contributed by atoms with Gasteiger partial charge in [-0.25, -0.2) is 15.0 Å². The first-order valence-electron chi connectivity index (χ1n) is 9.37. The van der Waals surface area contributed by atoms with Gasteiger partial charge in [-0.1, -0.05) is 11.6 Å². The predicted molar refractivity (Wildman–Crippen MR) is 105 cm³/mol. The second-order valence-corrected chi connectivity index (χ2v) is 7.81. The van der Waals surface area contributed by atoms with Crippen molar-refractivity contribution in [1.29, 1.82) is 0 Å². The summed E-state index contributed by atoms with van der Waals surface area (Å²) in [6, 6.07) is 3.82. The normalized spacial score (nSPS) is 23.0. The maximum Gasteiger partial charge on any atom is 0.225 e. The van der Waals surface area contributed by atoms with E-state index in [0.717, 1.165) is 49.0 Å². The van der Waals surface area contributed by atoms with Crippen LogP contribution >= 0.6 is 11.6 Å². The van der Waals surface area contributed by atoms with Crippen LogP contribution in [0.15, 0.2) is 30.7 Å². The second-order valence-electron chi connectivity index (χ2n) is 7.37. The third-order valence-electron chi connectivity index (χ3n) is 5.64. The number of hydrogen-bond donors (Lipinski definition) is 2. The van der Waals surface area contributed by atoms with Crippen LogP contribution in [0.1, 0.15) is 25.7 Å². The topological polar surface area (TPSA) is 80.0 Å². The summed E-state index contributed by atoms with van der Waals surface area (Å²) in [5.41, 5.74) is 6.66. The van der Waals surface area contributed by atoms with Crippen molar-refractivity contribution in [3.63, 3.8) is 0 Å². The molecular weight excluding hydrogens is 348 g/mol. The highest BCUT2D eigenvalue weighted by Crippen LogP contribution is 2.49. The zero-order valence-electron chi connectivity index (χ0n) is 14.8. The smallest absolute Gasteiger partial charge is 0.225 e. The Morgan fingerprint density at radius 2 is 1.88 bits per heavy atom. The Hall–Kier alpha value is -2.08. The summed E-state index contributed by atoms with van der Waals surface area (Å²) in [5.74, 6) is 3.98. The van der Waals surface area contributed by atoms with Gasteiger partial charge in [-0.2, -0.15) is 0 Å². The summed E-state index contributed by atoms with van der Waals surface area (Å²) in [6.45, 7) is 3.10. The van der Waals surface area contributed by atoms with Crippen LogP contribution in [-0.2, 0) is 0 Å². The lowest BCUT2D eigenvalue weighted by molar-refractivity contribution is 0.343.